The van der Waals surface area contributed by atoms with Crippen LogP contribution in [0.15, 0.2) is 29.4 Å². The molecule has 5 heteroatoms. The third-order valence-electron chi connectivity index (χ3n) is 2.54. The summed E-state index contributed by atoms with van der Waals surface area (Å²) >= 11 is 0. The Bertz CT molecular complexity index is 395. The molecule has 0 saturated heterocycles. The van der Waals surface area contributed by atoms with Crippen LogP contribution in [0.2, 0.25) is 0 Å². The van der Waals surface area contributed by atoms with E-state index in [0.29, 0.717) is 11.9 Å². The topological polar surface area (TPSA) is 56.9 Å². The highest BCUT2D eigenvalue weighted by Gasteiger charge is 2.18. The Labute approximate surface area is 95.5 Å². The smallest absolute Gasteiger partial charge is 0.236 e. The van der Waals surface area contributed by atoms with Gasteiger partial charge in [0.2, 0.25) is 5.96 Å². The number of rotatable bonds is 2. The lowest BCUT2D eigenvalue weighted by atomic mass is 10.0. The molecule has 1 aromatic rings. The van der Waals surface area contributed by atoms with Gasteiger partial charge in [0.25, 0.3) is 0 Å². The van der Waals surface area contributed by atoms with E-state index < -0.39 is 0 Å². The number of hydrogen-bond acceptors (Lipinski definition) is 5. The van der Waals surface area contributed by atoms with Crippen molar-refractivity contribution < 1.29 is 0 Å². The molecule has 0 spiro atoms. The molecule has 5 nitrogen and oxygen atoms in total. The minimum absolute atomic E-state index is 0.444. The van der Waals surface area contributed by atoms with Gasteiger partial charge in [0, 0.05) is 7.05 Å². The molecule has 3 N–H and O–H groups in total. The molecule has 0 bridgehead atoms. The fourth-order valence-corrected chi connectivity index (χ4v) is 1.62. The average molecular weight is 219 g/mol. The number of nitrogens with two attached hydrogens (primary N) is 1. The lowest BCUT2D eigenvalue weighted by molar-refractivity contribution is 0.280. The minimum Gasteiger partial charge on any atom is -0.367 e. The Morgan fingerprint density at radius 2 is 1.88 bits per heavy atom. The molecular formula is C11H17N5. The maximum absolute atomic E-state index is 5.77. The van der Waals surface area contributed by atoms with E-state index in [1.807, 2.05) is 12.1 Å². The first-order valence-electron chi connectivity index (χ1n) is 5.32. The van der Waals surface area contributed by atoms with Crippen LogP contribution in [0.1, 0.15) is 25.3 Å². The first-order valence-corrected chi connectivity index (χ1v) is 5.32. The number of nitrogens with zero attached hydrogens (tertiary/aromatic N) is 3. The molecule has 2 rings (SSSR count). The maximum Gasteiger partial charge on any atom is 0.236 e. The molecule has 1 heterocycles. The Balaban J connectivity index is 2.20. The highest BCUT2D eigenvalue weighted by atomic mass is 15.9. The van der Waals surface area contributed by atoms with E-state index in [2.05, 4.69) is 36.6 Å². The van der Waals surface area contributed by atoms with E-state index in [9.17, 15) is 0 Å². The highest BCUT2D eigenvalue weighted by Crippen LogP contribution is 2.20. The van der Waals surface area contributed by atoms with Crippen molar-refractivity contribution in [2.75, 3.05) is 12.1 Å². The molecule has 1 aliphatic heterocycles. The van der Waals surface area contributed by atoms with Crippen molar-refractivity contribution in [2.45, 2.75) is 19.8 Å². The standard InChI is InChI=1S/C11H17N5/c1-8(2)9-4-6-10(7-5-9)16-11(12)13-15(3)14-16/h4-8,14H,1-3H3,(H2,12,13). The Kier molecular flexibility index (Phi) is 2.70. The third kappa shape index (κ3) is 1.94. The van der Waals surface area contributed by atoms with Crippen molar-refractivity contribution in [3.05, 3.63) is 29.8 Å². The SMILES string of the molecule is CC(C)c1ccc(N2NN(C)N=C2N)cc1. The minimum atomic E-state index is 0.444. The van der Waals surface area contributed by atoms with Crippen LogP contribution in [0.4, 0.5) is 5.69 Å². The second-order valence-electron chi connectivity index (χ2n) is 4.16. The third-order valence-corrected chi connectivity index (χ3v) is 2.54. The molecule has 16 heavy (non-hydrogen) atoms. The number of nitrogens with one attached hydrogen (secondary N) is 1. The first kappa shape index (κ1) is 10.8. The zero-order chi connectivity index (χ0) is 11.7. The summed E-state index contributed by atoms with van der Waals surface area (Å²) in [6.07, 6.45) is 0. The monoisotopic (exact) mass is 219 g/mol. The number of hydrazone groups is 1. The predicted molar refractivity (Wildman–Crippen MR) is 65.5 cm³/mol. The first-order chi connectivity index (χ1) is 7.58. The number of hydrazine groups is 2. The highest BCUT2D eigenvalue weighted by molar-refractivity contribution is 5.94. The van der Waals surface area contributed by atoms with Gasteiger partial charge in [-0.05, 0) is 23.6 Å². The summed E-state index contributed by atoms with van der Waals surface area (Å²) in [5.74, 6) is 0.981. The molecule has 0 aliphatic carbocycles. The van der Waals surface area contributed by atoms with Crippen LogP contribution in [0, 0.1) is 0 Å². The molecular weight excluding hydrogens is 202 g/mol. The van der Waals surface area contributed by atoms with Crippen LogP contribution in [-0.2, 0) is 0 Å². The Morgan fingerprint density at radius 3 is 2.31 bits per heavy atom. The largest absolute Gasteiger partial charge is 0.367 e. The van der Waals surface area contributed by atoms with Crippen LogP contribution in [-0.4, -0.2) is 18.1 Å². The summed E-state index contributed by atoms with van der Waals surface area (Å²) in [6.45, 7) is 4.35. The van der Waals surface area contributed by atoms with Crippen molar-refractivity contribution in [1.82, 2.24) is 10.7 Å². The van der Waals surface area contributed by atoms with Gasteiger partial charge in [0.05, 0.1) is 5.69 Å². The summed E-state index contributed by atoms with van der Waals surface area (Å²) in [4.78, 5) is 0. The molecule has 0 fully saturated rings. The van der Waals surface area contributed by atoms with Crippen LogP contribution < -0.4 is 16.3 Å². The zero-order valence-corrected chi connectivity index (χ0v) is 9.81. The fourth-order valence-electron chi connectivity index (χ4n) is 1.62. The summed E-state index contributed by atoms with van der Waals surface area (Å²) in [7, 11) is 1.80. The van der Waals surface area contributed by atoms with E-state index in [1.165, 1.54) is 5.56 Å². The normalized spacial score (nSPS) is 15.9. The second kappa shape index (κ2) is 4.02. The van der Waals surface area contributed by atoms with Crippen LogP contribution in [0.5, 0.6) is 0 Å². The lowest BCUT2D eigenvalue weighted by Crippen LogP contribution is -2.44. The van der Waals surface area contributed by atoms with Gasteiger partial charge in [-0.15, -0.1) is 10.6 Å². The summed E-state index contributed by atoms with van der Waals surface area (Å²) in [5.41, 5.74) is 11.1. The predicted octanol–water partition coefficient (Wildman–Crippen LogP) is 1.21. The van der Waals surface area contributed by atoms with Crippen LogP contribution in [0.25, 0.3) is 0 Å². The van der Waals surface area contributed by atoms with Gasteiger partial charge < -0.3 is 5.73 Å². The van der Waals surface area contributed by atoms with Crippen molar-refractivity contribution in [3.63, 3.8) is 0 Å². The summed E-state index contributed by atoms with van der Waals surface area (Å²) in [6, 6.07) is 8.27. The van der Waals surface area contributed by atoms with Crippen LogP contribution >= 0.6 is 0 Å². The van der Waals surface area contributed by atoms with Crippen molar-refractivity contribution in [2.24, 2.45) is 10.8 Å². The molecule has 0 atom stereocenters. The van der Waals surface area contributed by atoms with Gasteiger partial charge in [-0.25, -0.2) is 10.1 Å². The van der Waals surface area contributed by atoms with Crippen LogP contribution in [0.3, 0.4) is 0 Å². The number of anilines is 1. The van der Waals surface area contributed by atoms with Gasteiger partial charge in [-0.2, -0.15) is 0 Å². The van der Waals surface area contributed by atoms with Gasteiger partial charge in [-0.3, -0.25) is 0 Å². The molecule has 0 aromatic heterocycles. The van der Waals surface area contributed by atoms with Gasteiger partial charge in [0.15, 0.2) is 0 Å². The van der Waals surface area contributed by atoms with E-state index >= 15 is 0 Å². The van der Waals surface area contributed by atoms with E-state index in [1.54, 1.807) is 17.2 Å². The van der Waals surface area contributed by atoms with E-state index in [4.69, 9.17) is 5.73 Å². The molecule has 0 saturated carbocycles. The average Bonchev–Trinajstić information content (AvgIpc) is 2.58. The second-order valence-corrected chi connectivity index (χ2v) is 4.16. The summed E-state index contributed by atoms with van der Waals surface area (Å²) < 4.78 is 0. The number of hydrogen-bond donors (Lipinski definition) is 2. The molecule has 1 aromatic carbocycles. The molecule has 1 aliphatic rings. The molecule has 0 amide bonds. The Morgan fingerprint density at radius 1 is 1.25 bits per heavy atom. The van der Waals surface area contributed by atoms with Crippen molar-refractivity contribution in [3.8, 4) is 0 Å². The fraction of sp³-hybridized carbons (Fsp3) is 0.364. The number of guanidine groups is 1. The van der Waals surface area contributed by atoms with Crippen molar-refractivity contribution in [1.29, 1.82) is 0 Å². The van der Waals surface area contributed by atoms with Crippen molar-refractivity contribution >= 4 is 11.6 Å². The number of benzene rings is 1. The van der Waals surface area contributed by atoms with Gasteiger partial charge in [-0.1, -0.05) is 26.0 Å². The van der Waals surface area contributed by atoms with E-state index in [0.717, 1.165) is 5.69 Å². The summed E-state index contributed by atoms with van der Waals surface area (Å²) in [5, 5.41) is 7.36. The zero-order valence-electron chi connectivity index (χ0n) is 9.81. The lowest BCUT2D eigenvalue weighted by Gasteiger charge is -2.19. The molecule has 0 unspecified atom stereocenters. The Hall–Kier alpha value is -1.75. The quantitative estimate of drug-likeness (QED) is 0.785. The maximum atomic E-state index is 5.77. The van der Waals surface area contributed by atoms with Gasteiger partial charge in [0.1, 0.15) is 0 Å². The molecule has 0 radical (unpaired) electrons. The molecule has 86 valence electrons. The van der Waals surface area contributed by atoms with E-state index in [-0.39, 0.29) is 0 Å². The van der Waals surface area contributed by atoms with Gasteiger partial charge >= 0.3 is 0 Å².